The van der Waals surface area contributed by atoms with Crippen LogP contribution in [-0.4, -0.2) is 10.8 Å². The third-order valence-corrected chi connectivity index (χ3v) is 2.62. The second-order valence-electron chi connectivity index (χ2n) is 4.03. The highest BCUT2D eigenvalue weighted by molar-refractivity contribution is 6.06. The number of hydrogen-bond acceptors (Lipinski definition) is 2. The summed E-state index contributed by atoms with van der Waals surface area (Å²) in [6.07, 6.45) is 4.38. The van der Waals surface area contributed by atoms with Crippen LogP contribution in [-0.2, 0) is 0 Å². The second-order valence-corrected chi connectivity index (χ2v) is 4.03. The predicted octanol–water partition coefficient (Wildman–Crippen LogP) is 3.69. The van der Waals surface area contributed by atoms with E-state index >= 15 is 0 Å². The Labute approximate surface area is 101 Å². The van der Waals surface area contributed by atoms with Crippen LogP contribution in [0.1, 0.15) is 29.4 Å². The molecule has 1 aromatic carbocycles. The van der Waals surface area contributed by atoms with Gasteiger partial charge in [0.1, 0.15) is 0 Å². The Morgan fingerprint density at radius 2 is 2.12 bits per heavy atom. The predicted molar refractivity (Wildman–Crippen MR) is 70.2 cm³/mol. The fourth-order valence-corrected chi connectivity index (χ4v) is 1.70. The first-order valence-corrected chi connectivity index (χ1v) is 5.79. The van der Waals surface area contributed by atoms with Crippen LogP contribution in [0.15, 0.2) is 42.5 Å². The van der Waals surface area contributed by atoms with Gasteiger partial charge in [0.05, 0.1) is 5.52 Å². The summed E-state index contributed by atoms with van der Waals surface area (Å²) in [5.74, 6) is 0.0503. The van der Waals surface area contributed by atoms with E-state index in [1.165, 1.54) is 0 Å². The lowest BCUT2D eigenvalue weighted by Crippen LogP contribution is -1.94. The van der Waals surface area contributed by atoms with Gasteiger partial charge in [-0.05, 0) is 43.7 Å². The standard InChI is InChI=1S/C15H15NO/c1-3-4-5-15(17)13-8-9-14-12(10-13)7-6-11(2)16-14/h4-10H,3H2,1-2H3/b5-4+. The number of benzene rings is 1. The van der Waals surface area contributed by atoms with Gasteiger partial charge >= 0.3 is 0 Å². The highest BCUT2D eigenvalue weighted by Crippen LogP contribution is 2.15. The summed E-state index contributed by atoms with van der Waals surface area (Å²) >= 11 is 0. The third-order valence-electron chi connectivity index (χ3n) is 2.62. The van der Waals surface area contributed by atoms with Crippen LogP contribution in [0.4, 0.5) is 0 Å². The quantitative estimate of drug-likeness (QED) is 0.589. The molecular weight excluding hydrogens is 210 g/mol. The molecule has 1 heterocycles. The van der Waals surface area contributed by atoms with E-state index in [-0.39, 0.29) is 5.78 Å². The molecule has 0 aliphatic heterocycles. The molecule has 2 aromatic rings. The molecule has 0 saturated heterocycles. The summed E-state index contributed by atoms with van der Waals surface area (Å²) in [5, 5.41) is 1.01. The van der Waals surface area contributed by atoms with Gasteiger partial charge in [-0.3, -0.25) is 9.78 Å². The molecule has 0 fully saturated rings. The average Bonchev–Trinajstić information content (AvgIpc) is 2.35. The maximum Gasteiger partial charge on any atom is 0.185 e. The van der Waals surface area contributed by atoms with Crippen LogP contribution >= 0.6 is 0 Å². The van der Waals surface area contributed by atoms with E-state index in [0.29, 0.717) is 5.56 Å². The molecule has 2 heteroatoms. The highest BCUT2D eigenvalue weighted by atomic mass is 16.1. The van der Waals surface area contributed by atoms with E-state index in [9.17, 15) is 4.79 Å². The second kappa shape index (κ2) is 4.91. The Hall–Kier alpha value is -1.96. The van der Waals surface area contributed by atoms with Gasteiger partial charge in [-0.15, -0.1) is 0 Å². The monoisotopic (exact) mass is 225 g/mol. The number of carbonyl (C=O) groups excluding carboxylic acids is 1. The number of hydrogen-bond donors (Lipinski definition) is 0. The molecule has 0 saturated carbocycles. The van der Waals surface area contributed by atoms with Gasteiger partial charge in [0.15, 0.2) is 5.78 Å². The molecule has 2 nitrogen and oxygen atoms in total. The molecule has 0 unspecified atom stereocenters. The molecule has 0 bridgehead atoms. The summed E-state index contributed by atoms with van der Waals surface area (Å²) in [7, 11) is 0. The highest BCUT2D eigenvalue weighted by Gasteiger charge is 2.03. The summed E-state index contributed by atoms with van der Waals surface area (Å²) in [6.45, 7) is 3.97. The molecule has 0 spiro atoms. The summed E-state index contributed by atoms with van der Waals surface area (Å²) < 4.78 is 0. The molecule has 17 heavy (non-hydrogen) atoms. The van der Waals surface area contributed by atoms with Crippen molar-refractivity contribution in [2.45, 2.75) is 20.3 Å². The van der Waals surface area contributed by atoms with Crippen LogP contribution in [0.2, 0.25) is 0 Å². The normalized spacial score (nSPS) is 11.2. The zero-order valence-electron chi connectivity index (χ0n) is 10.1. The van der Waals surface area contributed by atoms with Crippen molar-refractivity contribution in [2.24, 2.45) is 0 Å². The van der Waals surface area contributed by atoms with Crippen LogP contribution in [0.25, 0.3) is 10.9 Å². The van der Waals surface area contributed by atoms with E-state index in [1.54, 1.807) is 6.08 Å². The van der Waals surface area contributed by atoms with Crippen molar-refractivity contribution in [1.29, 1.82) is 0 Å². The first-order chi connectivity index (χ1) is 8.20. The number of rotatable bonds is 3. The van der Waals surface area contributed by atoms with Crippen molar-refractivity contribution in [2.75, 3.05) is 0 Å². The van der Waals surface area contributed by atoms with Crippen molar-refractivity contribution in [3.63, 3.8) is 0 Å². The number of pyridine rings is 1. The van der Waals surface area contributed by atoms with Crippen molar-refractivity contribution in [3.8, 4) is 0 Å². The SMILES string of the molecule is CC/C=C/C(=O)c1ccc2nc(C)ccc2c1. The largest absolute Gasteiger partial charge is 0.289 e. The lowest BCUT2D eigenvalue weighted by Gasteiger charge is -2.01. The Morgan fingerprint density at radius 3 is 2.88 bits per heavy atom. The van der Waals surface area contributed by atoms with Crippen LogP contribution < -0.4 is 0 Å². The number of aryl methyl sites for hydroxylation is 1. The van der Waals surface area contributed by atoms with Crippen LogP contribution in [0, 0.1) is 6.92 Å². The van der Waals surface area contributed by atoms with Gasteiger partial charge in [0, 0.05) is 16.6 Å². The van der Waals surface area contributed by atoms with Crippen molar-refractivity contribution in [1.82, 2.24) is 4.98 Å². The molecule has 0 atom stereocenters. The Bertz CT molecular complexity index is 584. The number of ketones is 1. The van der Waals surface area contributed by atoms with Gasteiger partial charge < -0.3 is 0 Å². The molecule has 0 aliphatic carbocycles. The van der Waals surface area contributed by atoms with E-state index in [4.69, 9.17) is 0 Å². The third kappa shape index (κ3) is 2.59. The fourth-order valence-electron chi connectivity index (χ4n) is 1.70. The minimum atomic E-state index is 0.0503. The summed E-state index contributed by atoms with van der Waals surface area (Å²) in [4.78, 5) is 16.2. The van der Waals surface area contributed by atoms with E-state index in [0.717, 1.165) is 23.0 Å². The lowest BCUT2D eigenvalue weighted by atomic mass is 10.1. The van der Waals surface area contributed by atoms with Crippen molar-refractivity contribution in [3.05, 3.63) is 53.7 Å². The summed E-state index contributed by atoms with van der Waals surface area (Å²) in [6, 6.07) is 9.58. The first-order valence-electron chi connectivity index (χ1n) is 5.79. The van der Waals surface area contributed by atoms with E-state index < -0.39 is 0 Å². The Balaban J connectivity index is 2.41. The topological polar surface area (TPSA) is 30.0 Å². The molecule has 2 rings (SSSR count). The van der Waals surface area contributed by atoms with Crippen molar-refractivity contribution < 1.29 is 4.79 Å². The number of fused-ring (bicyclic) bond motifs is 1. The van der Waals surface area contributed by atoms with Gasteiger partial charge in [-0.1, -0.05) is 19.1 Å². The molecule has 86 valence electrons. The Morgan fingerprint density at radius 1 is 1.29 bits per heavy atom. The van der Waals surface area contributed by atoms with Gasteiger partial charge in [0.25, 0.3) is 0 Å². The van der Waals surface area contributed by atoms with Crippen LogP contribution in [0.3, 0.4) is 0 Å². The minimum absolute atomic E-state index is 0.0503. The van der Waals surface area contributed by atoms with Gasteiger partial charge in [-0.25, -0.2) is 0 Å². The number of aromatic nitrogens is 1. The molecule has 0 radical (unpaired) electrons. The Kier molecular flexibility index (Phi) is 3.33. The summed E-state index contributed by atoms with van der Waals surface area (Å²) in [5.41, 5.74) is 2.64. The van der Waals surface area contributed by atoms with Gasteiger partial charge in [-0.2, -0.15) is 0 Å². The first kappa shape index (κ1) is 11.5. The van der Waals surface area contributed by atoms with E-state index in [1.807, 2.05) is 50.3 Å². The number of nitrogens with zero attached hydrogens (tertiary/aromatic N) is 1. The number of allylic oxidation sites excluding steroid dienone is 2. The fraction of sp³-hybridized carbons (Fsp3) is 0.200. The minimum Gasteiger partial charge on any atom is -0.289 e. The maximum absolute atomic E-state index is 11.8. The zero-order chi connectivity index (χ0) is 12.3. The average molecular weight is 225 g/mol. The molecular formula is C15H15NO. The smallest absolute Gasteiger partial charge is 0.185 e. The van der Waals surface area contributed by atoms with Crippen molar-refractivity contribution >= 4 is 16.7 Å². The van der Waals surface area contributed by atoms with Gasteiger partial charge in [0.2, 0.25) is 0 Å². The lowest BCUT2D eigenvalue weighted by molar-refractivity contribution is 0.104. The molecule has 0 N–H and O–H groups in total. The molecule has 0 amide bonds. The maximum atomic E-state index is 11.8. The van der Waals surface area contributed by atoms with E-state index in [2.05, 4.69) is 4.98 Å². The number of carbonyl (C=O) groups is 1. The molecule has 1 aromatic heterocycles. The van der Waals surface area contributed by atoms with Crippen LogP contribution in [0.5, 0.6) is 0 Å². The molecule has 0 aliphatic rings. The zero-order valence-corrected chi connectivity index (χ0v) is 10.1.